The van der Waals surface area contributed by atoms with E-state index in [0.717, 1.165) is 36.9 Å². The first-order chi connectivity index (χ1) is 19.7. The van der Waals surface area contributed by atoms with Crippen molar-refractivity contribution >= 4 is 33.8 Å². The fourth-order valence-electron chi connectivity index (χ4n) is 5.34. The Bertz CT molecular complexity index is 1860. The zero-order valence-electron chi connectivity index (χ0n) is 21.4. The van der Waals surface area contributed by atoms with Gasteiger partial charge in [-0.25, -0.2) is 19.3 Å². The number of aromatic nitrogens is 8. The number of imidazole rings is 1. The minimum absolute atomic E-state index is 0.00265. The molecule has 0 aromatic carbocycles. The Morgan fingerprint density at radius 3 is 2.70 bits per heavy atom. The summed E-state index contributed by atoms with van der Waals surface area (Å²) in [6, 6.07) is 9.19. The molecule has 1 saturated carbocycles. The summed E-state index contributed by atoms with van der Waals surface area (Å²) in [6.45, 7) is 0. The molecule has 198 valence electrons. The number of nitrogens with zero attached hydrogens (tertiary/aromatic N) is 6. The molecule has 1 aliphatic rings. The average molecular weight is 534 g/mol. The summed E-state index contributed by atoms with van der Waals surface area (Å²) in [5.41, 5.74) is 4.48. The van der Waals surface area contributed by atoms with E-state index in [9.17, 15) is 4.79 Å². The van der Waals surface area contributed by atoms with E-state index in [1.807, 2.05) is 24.3 Å². The van der Waals surface area contributed by atoms with Crippen molar-refractivity contribution in [3.05, 3.63) is 67.1 Å². The number of nitrogens with one attached hydrogen (secondary N) is 3. The van der Waals surface area contributed by atoms with Crippen LogP contribution in [-0.2, 0) is 4.79 Å². The van der Waals surface area contributed by atoms with Crippen molar-refractivity contribution in [1.29, 1.82) is 0 Å². The molecule has 0 aliphatic heterocycles. The van der Waals surface area contributed by atoms with Crippen LogP contribution < -0.4 is 5.32 Å². The lowest BCUT2D eigenvalue weighted by molar-refractivity contribution is -0.120. The van der Waals surface area contributed by atoms with Gasteiger partial charge in [0.2, 0.25) is 5.91 Å². The molecule has 40 heavy (non-hydrogen) atoms. The molecule has 0 saturated heterocycles. The number of carbonyl (C=O) groups is 1. The Balaban J connectivity index is 1.26. The average Bonchev–Trinajstić information content (AvgIpc) is 3.63. The first-order valence-electron chi connectivity index (χ1n) is 13.2. The highest BCUT2D eigenvalue weighted by atomic mass is 19.1. The zero-order valence-corrected chi connectivity index (χ0v) is 21.4. The monoisotopic (exact) mass is 533 g/mol. The number of rotatable bonds is 5. The van der Waals surface area contributed by atoms with Crippen LogP contribution in [0.1, 0.15) is 32.1 Å². The number of halogens is 1. The molecule has 6 heterocycles. The summed E-state index contributed by atoms with van der Waals surface area (Å²) in [5.74, 6) is -0.197. The van der Waals surface area contributed by atoms with Crippen LogP contribution in [0, 0.1) is 11.7 Å². The predicted octanol–water partition coefficient (Wildman–Crippen LogP) is 5.68. The van der Waals surface area contributed by atoms with Crippen molar-refractivity contribution in [1.82, 2.24) is 40.1 Å². The maximum Gasteiger partial charge on any atom is 0.227 e. The molecule has 6 aromatic heterocycles. The fraction of sp³-hybridized carbons (Fsp3) is 0.207. The van der Waals surface area contributed by atoms with Crippen LogP contribution in [0.3, 0.4) is 0 Å². The Labute approximate surface area is 227 Å². The molecule has 1 fully saturated rings. The van der Waals surface area contributed by atoms with Gasteiger partial charge < -0.3 is 10.3 Å². The minimum atomic E-state index is -0.523. The summed E-state index contributed by atoms with van der Waals surface area (Å²) in [5, 5.41) is 10.3. The van der Waals surface area contributed by atoms with Gasteiger partial charge in [0, 0.05) is 47.4 Å². The number of H-pyrrole nitrogens is 2. The Hall–Kier alpha value is -5.06. The lowest BCUT2D eigenvalue weighted by Gasteiger charge is -2.20. The normalized spacial score (nSPS) is 14.1. The molecular formula is C29H24FN9O. The molecule has 0 unspecified atom stereocenters. The van der Waals surface area contributed by atoms with E-state index in [1.165, 1.54) is 12.6 Å². The van der Waals surface area contributed by atoms with Crippen LogP contribution in [0.15, 0.2) is 61.3 Å². The zero-order chi connectivity index (χ0) is 27.1. The van der Waals surface area contributed by atoms with E-state index in [1.54, 1.807) is 30.9 Å². The number of fused-ring (bicyclic) bond motifs is 2. The van der Waals surface area contributed by atoms with E-state index in [0.29, 0.717) is 28.2 Å². The van der Waals surface area contributed by atoms with E-state index < -0.39 is 5.82 Å². The highest BCUT2D eigenvalue weighted by Crippen LogP contribution is 2.34. The van der Waals surface area contributed by atoms with Gasteiger partial charge in [0.15, 0.2) is 17.1 Å². The third-order valence-corrected chi connectivity index (χ3v) is 7.37. The number of amides is 1. The van der Waals surface area contributed by atoms with E-state index in [2.05, 4.69) is 40.4 Å². The standard InChI is InChI=1S/C29H24FN9O/c30-23-20(17-12-18(14-31-13-17)35-29(40)16-6-2-1-3-7-16)15-34-26-22(23)25(38-39-26)28-36-24-19(9-11-33-27(24)37-28)21-8-4-5-10-32-21/h4-5,8-16H,1-3,6-7H2,(H,35,40)(H,33,36,37)(H,34,38,39). The highest BCUT2D eigenvalue weighted by Gasteiger charge is 2.23. The molecule has 0 spiro atoms. The van der Waals surface area contributed by atoms with Gasteiger partial charge in [-0.2, -0.15) is 5.10 Å². The second kappa shape index (κ2) is 9.92. The lowest BCUT2D eigenvalue weighted by Crippen LogP contribution is -2.24. The van der Waals surface area contributed by atoms with Gasteiger partial charge >= 0.3 is 0 Å². The highest BCUT2D eigenvalue weighted by molar-refractivity contribution is 5.97. The summed E-state index contributed by atoms with van der Waals surface area (Å²) < 4.78 is 16.1. The molecule has 0 bridgehead atoms. The number of hydrogen-bond donors (Lipinski definition) is 3. The van der Waals surface area contributed by atoms with E-state index in [4.69, 9.17) is 4.98 Å². The summed E-state index contributed by atoms with van der Waals surface area (Å²) in [4.78, 5) is 38.1. The molecule has 1 aliphatic carbocycles. The Morgan fingerprint density at radius 1 is 0.950 bits per heavy atom. The van der Waals surface area contributed by atoms with Crippen LogP contribution in [-0.4, -0.2) is 46.0 Å². The maximum absolute atomic E-state index is 16.1. The van der Waals surface area contributed by atoms with Gasteiger partial charge in [-0.15, -0.1) is 0 Å². The first-order valence-corrected chi connectivity index (χ1v) is 13.2. The van der Waals surface area contributed by atoms with Crippen molar-refractivity contribution in [2.24, 2.45) is 5.92 Å². The molecule has 0 atom stereocenters. The van der Waals surface area contributed by atoms with Gasteiger partial charge in [0.1, 0.15) is 17.0 Å². The number of carbonyl (C=O) groups excluding carboxylic acids is 1. The van der Waals surface area contributed by atoms with Crippen LogP contribution in [0.2, 0.25) is 0 Å². The number of aromatic amines is 2. The SMILES string of the molecule is O=C(Nc1cncc(-c2cnc3[nH]nc(-c4nc5c(-c6ccccn6)ccnc5[nH]4)c3c2F)c1)C1CCCCC1. The molecular weight excluding hydrogens is 509 g/mol. The summed E-state index contributed by atoms with van der Waals surface area (Å²) >= 11 is 0. The van der Waals surface area contributed by atoms with Gasteiger partial charge in [-0.05, 0) is 37.1 Å². The van der Waals surface area contributed by atoms with Gasteiger partial charge in [-0.3, -0.25) is 19.9 Å². The Kier molecular flexibility index (Phi) is 5.95. The molecule has 6 aromatic rings. The van der Waals surface area contributed by atoms with Crippen molar-refractivity contribution in [2.75, 3.05) is 5.32 Å². The van der Waals surface area contributed by atoms with Crippen LogP contribution in [0.4, 0.5) is 10.1 Å². The van der Waals surface area contributed by atoms with Crippen LogP contribution >= 0.6 is 0 Å². The molecule has 7 rings (SSSR count). The van der Waals surface area contributed by atoms with Crippen molar-refractivity contribution in [2.45, 2.75) is 32.1 Å². The van der Waals surface area contributed by atoms with Gasteiger partial charge in [0.05, 0.1) is 23.0 Å². The smallest absolute Gasteiger partial charge is 0.227 e. The molecule has 0 radical (unpaired) electrons. The van der Waals surface area contributed by atoms with Crippen molar-refractivity contribution in [3.63, 3.8) is 0 Å². The van der Waals surface area contributed by atoms with E-state index in [-0.39, 0.29) is 34.1 Å². The quantitative estimate of drug-likeness (QED) is 0.259. The van der Waals surface area contributed by atoms with Crippen LogP contribution in [0.25, 0.3) is 56.1 Å². The molecule has 11 heteroatoms. The molecule has 1 amide bonds. The van der Waals surface area contributed by atoms with E-state index >= 15 is 4.39 Å². The third kappa shape index (κ3) is 4.25. The topological polar surface area (TPSA) is 138 Å². The largest absolute Gasteiger partial charge is 0.324 e. The van der Waals surface area contributed by atoms with Crippen molar-refractivity contribution in [3.8, 4) is 33.9 Å². The third-order valence-electron chi connectivity index (χ3n) is 7.37. The summed E-state index contributed by atoms with van der Waals surface area (Å²) in [7, 11) is 0. The summed E-state index contributed by atoms with van der Waals surface area (Å²) in [6.07, 6.45) is 13.0. The van der Waals surface area contributed by atoms with Crippen molar-refractivity contribution < 1.29 is 9.18 Å². The maximum atomic E-state index is 16.1. The molecule has 10 nitrogen and oxygen atoms in total. The number of pyridine rings is 4. The predicted molar refractivity (Wildman–Crippen MR) is 148 cm³/mol. The fourth-order valence-corrected chi connectivity index (χ4v) is 5.34. The van der Waals surface area contributed by atoms with Gasteiger partial charge in [-0.1, -0.05) is 25.3 Å². The molecule has 3 N–H and O–H groups in total. The minimum Gasteiger partial charge on any atom is -0.324 e. The van der Waals surface area contributed by atoms with Crippen LogP contribution in [0.5, 0.6) is 0 Å². The second-order valence-electron chi connectivity index (χ2n) is 9.92. The lowest BCUT2D eigenvalue weighted by atomic mass is 9.88. The van der Waals surface area contributed by atoms with Gasteiger partial charge in [0.25, 0.3) is 0 Å². The Morgan fingerprint density at radius 2 is 1.85 bits per heavy atom. The first kappa shape index (κ1) is 24.0. The number of hydrogen-bond acceptors (Lipinski definition) is 7. The number of anilines is 1. The second-order valence-corrected chi connectivity index (χ2v) is 9.92.